The number of carbonyl (C=O) groups is 2. The van der Waals surface area contributed by atoms with Crippen molar-refractivity contribution in [3.63, 3.8) is 0 Å². The molecule has 0 aliphatic carbocycles. The van der Waals surface area contributed by atoms with Crippen molar-refractivity contribution in [3.8, 4) is 22.6 Å². The topological polar surface area (TPSA) is 77.8 Å². The number of methoxy groups -OCH3 is 1. The van der Waals surface area contributed by atoms with Gasteiger partial charge >= 0.3 is 0 Å². The summed E-state index contributed by atoms with van der Waals surface area (Å²) >= 11 is 0. The van der Waals surface area contributed by atoms with Crippen LogP contribution in [0.1, 0.15) is 42.3 Å². The van der Waals surface area contributed by atoms with E-state index in [1.165, 1.54) is 13.0 Å². The van der Waals surface area contributed by atoms with Crippen molar-refractivity contribution in [3.05, 3.63) is 83.6 Å². The standard InChI is InChI=1S/C30H29NO5/c1-6-35-29-19(3)30-26(27(17-36-30)22-10-8-12-24(15-22)34-5)16-25(29)18(2)13-28(33)31-23-11-7-9-21(14-23)20(4)32/h7-17H,6H2,1-5H3,(H,31,33)/b18-13+. The van der Waals surface area contributed by atoms with E-state index in [1.54, 1.807) is 37.6 Å². The largest absolute Gasteiger partial charge is 0.497 e. The maximum atomic E-state index is 12.9. The Morgan fingerprint density at radius 1 is 1.06 bits per heavy atom. The summed E-state index contributed by atoms with van der Waals surface area (Å²) in [6.45, 7) is 7.72. The van der Waals surface area contributed by atoms with Gasteiger partial charge in [-0.15, -0.1) is 0 Å². The number of anilines is 1. The first-order chi connectivity index (χ1) is 17.3. The van der Waals surface area contributed by atoms with Crippen molar-refractivity contribution in [2.45, 2.75) is 27.7 Å². The normalized spacial score (nSPS) is 11.4. The number of hydrogen-bond acceptors (Lipinski definition) is 5. The Morgan fingerprint density at radius 3 is 2.56 bits per heavy atom. The van der Waals surface area contributed by atoms with Crippen LogP contribution in [0.3, 0.4) is 0 Å². The average Bonchev–Trinajstić information content (AvgIpc) is 3.30. The zero-order chi connectivity index (χ0) is 25.8. The van der Waals surface area contributed by atoms with Gasteiger partial charge in [0.15, 0.2) is 5.78 Å². The zero-order valence-electron chi connectivity index (χ0n) is 21.1. The molecule has 184 valence electrons. The van der Waals surface area contributed by atoms with Gasteiger partial charge < -0.3 is 19.2 Å². The van der Waals surface area contributed by atoms with Gasteiger partial charge in [0.1, 0.15) is 17.1 Å². The number of fused-ring (bicyclic) bond motifs is 1. The average molecular weight is 484 g/mol. The lowest BCUT2D eigenvalue weighted by Gasteiger charge is -2.15. The molecule has 0 saturated heterocycles. The van der Waals surface area contributed by atoms with Crippen molar-refractivity contribution >= 4 is 33.9 Å². The molecule has 36 heavy (non-hydrogen) atoms. The molecule has 6 nitrogen and oxygen atoms in total. The minimum Gasteiger partial charge on any atom is -0.497 e. The Balaban J connectivity index is 1.76. The lowest BCUT2D eigenvalue weighted by atomic mass is 9.96. The lowest BCUT2D eigenvalue weighted by molar-refractivity contribution is -0.111. The van der Waals surface area contributed by atoms with Gasteiger partial charge in [0.05, 0.1) is 20.0 Å². The number of Topliss-reactive ketones (excluding diaryl/α,β-unsaturated/α-hetero) is 1. The van der Waals surface area contributed by atoms with Crippen LogP contribution in [0, 0.1) is 6.92 Å². The van der Waals surface area contributed by atoms with Crippen molar-refractivity contribution in [2.75, 3.05) is 19.0 Å². The van der Waals surface area contributed by atoms with Gasteiger partial charge in [0, 0.05) is 39.4 Å². The van der Waals surface area contributed by atoms with E-state index in [0.717, 1.165) is 44.5 Å². The number of nitrogens with one attached hydrogen (secondary N) is 1. The van der Waals surface area contributed by atoms with Crippen LogP contribution in [-0.4, -0.2) is 25.4 Å². The fraction of sp³-hybridized carbons (Fsp3) is 0.200. The minimum absolute atomic E-state index is 0.0603. The molecule has 4 aromatic rings. The number of aryl methyl sites for hydroxylation is 1. The minimum atomic E-state index is -0.298. The number of furan rings is 1. The van der Waals surface area contributed by atoms with Crippen molar-refractivity contribution in [1.82, 2.24) is 0 Å². The summed E-state index contributed by atoms with van der Waals surface area (Å²) in [6, 6.07) is 16.7. The van der Waals surface area contributed by atoms with Gasteiger partial charge in [-0.2, -0.15) is 0 Å². The van der Waals surface area contributed by atoms with Crippen molar-refractivity contribution in [1.29, 1.82) is 0 Å². The molecule has 0 bridgehead atoms. The number of rotatable bonds is 8. The van der Waals surface area contributed by atoms with Gasteiger partial charge in [-0.1, -0.05) is 24.3 Å². The molecule has 0 spiro atoms. The van der Waals surface area contributed by atoms with Crippen LogP contribution in [0.4, 0.5) is 5.69 Å². The summed E-state index contributed by atoms with van der Waals surface area (Å²) in [5, 5.41) is 3.76. The number of ether oxygens (including phenoxy) is 2. The highest BCUT2D eigenvalue weighted by atomic mass is 16.5. The lowest BCUT2D eigenvalue weighted by Crippen LogP contribution is -2.09. The van der Waals surface area contributed by atoms with E-state index >= 15 is 0 Å². The molecule has 0 aliphatic rings. The van der Waals surface area contributed by atoms with E-state index < -0.39 is 0 Å². The Hall–Kier alpha value is -4.32. The Morgan fingerprint density at radius 2 is 1.83 bits per heavy atom. The van der Waals surface area contributed by atoms with E-state index in [0.29, 0.717) is 23.6 Å². The first-order valence-corrected chi connectivity index (χ1v) is 11.7. The molecular weight excluding hydrogens is 454 g/mol. The predicted octanol–water partition coefficient (Wildman–Crippen LogP) is 7.06. The summed E-state index contributed by atoms with van der Waals surface area (Å²) in [5.74, 6) is 1.08. The monoisotopic (exact) mass is 483 g/mol. The van der Waals surface area contributed by atoms with Crippen LogP contribution >= 0.6 is 0 Å². The highest BCUT2D eigenvalue weighted by Gasteiger charge is 2.19. The molecule has 6 heteroatoms. The summed E-state index contributed by atoms with van der Waals surface area (Å²) in [5.41, 5.74) is 6.13. The SMILES string of the molecule is CCOc1c(/C(C)=C/C(=O)Nc2cccc(C(C)=O)c2)cc2c(-c3cccc(OC)c3)coc2c1C. The molecule has 1 amide bonds. The van der Waals surface area contributed by atoms with Gasteiger partial charge in [0.2, 0.25) is 5.91 Å². The second kappa shape index (κ2) is 10.5. The summed E-state index contributed by atoms with van der Waals surface area (Å²) in [7, 11) is 1.64. The van der Waals surface area contributed by atoms with Gasteiger partial charge in [-0.05, 0) is 69.2 Å². The van der Waals surface area contributed by atoms with Crippen LogP contribution in [0.5, 0.6) is 11.5 Å². The van der Waals surface area contributed by atoms with Crippen LogP contribution < -0.4 is 14.8 Å². The third-order valence-corrected chi connectivity index (χ3v) is 6.02. The van der Waals surface area contributed by atoms with Crippen LogP contribution in [0.15, 0.2) is 71.4 Å². The Kier molecular flexibility index (Phi) is 7.25. The molecule has 1 aromatic heterocycles. The number of benzene rings is 3. The zero-order valence-corrected chi connectivity index (χ0v) is 21.1. The Labute approximate surface area is 210 Å². The first kappa shape index (κ1) is 24.8. The fourth-order valence-electron chi connectivity index (χ4n) is 4.22. The van der Waals surface area contributed by atoms with E-state index in [2.05, 4.69) is 5.32 Å². The maximum absolute atomic E-state index is 12.9. The molecule has 0 radical (unpaired) electrons. The van der Waals surface area contributed by atoms with E-state index in [1.807, 2.05) is 51.1 Å². The van der Waals surface area contributed by atoms with Crippen LogP contribution in [0.25, 0.3) is 27.7 Å². The number of hydrogen-bond donors (Lipinski definition) is 1. The Bertz CT molecular complexity index is 1480. The molecule has 0 aliphatic heterocycles. The molecular formula is C30H29NO5. The van der Waals surface area contributed by atoms with Gasteiger partial charge in [-0.3, -0.25) is 9.59 Å². The quantitative estimate of drug-likeness (QED) is 0.214. The van der Waals surface area contributed by atoms with Crippen LogP contribution in [0.2, 0.25) is 0 Å². The van der Waals surface area contributed by atoms with Crippen LogP contribution in [-0.2, 0) is 4.79 Å². The van der Waals surface area contributed by atoms with Gasteiger partial charge in [0.25, 0.3) is 0 Å². The smallest absolute Gasteiger partial charge is 0.248 e. The molecule has 4 rings (SSSR count). The predicted molar refractivity (Wildman–Crippen MR) is 143 cm³/mol. The number of carbonyl (C=O) groups excluding carboxylic acids is 2. The molecule has 3 aromatic carbocycles. The molecule has 0 unspecified atom stereocenters. The third kappa shape index (κ3) is 5.03. The van der Waals surface area contributed by atoms with E-state index in [9.17, 15) is 9.59 Å². The van der Waals surface area contributed by atoms with Gasteiger partial charge in [-0.25, -0.2) is 0 Å². The first-order valence-electron chi connectivity index (χ1n) is 11.7. The third-order valence-electron chi connectivity index (χ3n) is 6.02. The second-order valence-corrected chi connectivity index (χ2v) is 8.52. The summed E-state index contributed by atoms with van der Waals surface area (Å²) < 4.78 is 17.4. The van der Waals surface area contributed by atoms with E-state index in [-0.39, 0.29) is 11.7 Å². The number of allylic oxidation sites excluding steroid dienone is 1. The van der Waals surface area contributed by atoms with Crippen molar-refractivity contribution in [2.24, 2.45) is 0 Å². The molecule has 1 heterocycles. The highest BCUT2D eigenvalue weighted by molar-refractivity contribution is 6.06. The summed E-state index contributed by atoms with van der Waals surface area (Å²) in [6.07, 6.45) is 3.27. The molecule has 0 atom stereocenters. The molecule has 1 N–H and O–H groups in total. The summed E-state index contributed by atoms with van der Waals surface area (Å²) in [4.78, 5) is 24.5. The second-order valence-electron chi connectivity index (χ2n) is 8.52. The maximum Gasteiger partial charge on any atom is 0.248 e. The van der Waals surface area contributed by atoms with Crippen molar-refractivity contribution < 1.29 is 23.5 Å². The molecule has 0 fully saturated rings. The van der Waals surface area contributed by atoms with E-state index in [4.69, 9.17) is 13.9 Å². The number of amides is 1. The molecule has 0 saturated carbocycles. The number of ketones is 1. The fourth-order valence-corrected chi connectivity index (χ4v) is 4.22. The highest BCUT2D eigenvalue weighted by Crippen LogP contribution is 2.41.